The highest BCUT2D eigenvalue weighted by Crippen LogP contribution is 2.28. The molecule has 1 atom stereocenters. The molecule has 0 saturated carbocycles. The van der Waals surface area contributed by atoms with Gasteiger partial charge < -0.3 is 0 Å². The van der Waals surface area contributed by atoms with Gasteiger partial charge in [-0.3, -0.25) is 0 Å². The molecule has 0 aliphatic heterocycles. The van der Waals surface area contributed by atoms with Gasteiger partial charge in [0.15, 0.2) is 0 Å². The van der Waals surface area contributed by atoms with E-state index in [2.05, 4.69) is 32.9 Å². The molecule has 0 bridgehead atoms. The van der Waals surface area contributed by atoms with E-state index in [0.717, 1.165) is 10.9 Å². The predicted molar refractivity (Wildman–Crippen MR) is 59.3 cm³/mol. The minimum Gasteiger partial charge on any atom is -0.0840 e. The van der Waals surface area contributed by atoms with Gasteiger partial charge in [0.25, 0.3) is 0 Å². The third-order valence-electron chi connectivity index (χ3n) is 2.26. The SMILES string of the molecule is CC(C)C[C@@H](C)c1ccccc1Cl. The summed E-state index contributed by atoms with van der Waals surface area (Å²) >= 11 is 6.10. The van der Waals surface area contributed by atoms with E-state index in [0.29, 0.717) is 5.92 Å². The minimum absolute atomic E-state index is 0.564. The van der Waals surface area contributed by atoms with Gasteiger partial charge in [0.1, 0.15) is 0 Å². The van der Waals surface area contributed by atoms with Gasteiger partial charge in [0, 0.05) is 5.02 Å². The van der Waals surface area contributed by atoms with Gasteiger partial charge in [-0.25, -0.2) is 0 Å². The third-order valence-corrected chi connectivity index (χ3v) is 2.61. The van der Waals surface area contributed by atoms with E-state index in [9.17, 15) is 0 Å². The zero-order valence-electron chi connectivity index (χ0n) is 8.55. The summed E-state index contributed by atoms with van der Waals surface area (Å²) < 4.78 is 0. The van der Waals surface area contributed by atoms with Crippen LogP contribution in [0.4, 0.5) is 0 Å². The molecule has 0 unspecified atom stereocenters. The Kier molecular flexibility index (Phi) is 3.80. The van der Waals surface area contributed by atoms with Crippen molar-refractivity contribution in [2.45, 2.75) is 33.1 Å². The second-order valence-corrected chi connectivity index (χ2v) is 4.46. The fourth-order valence-electron chi connectivity index (χ4n) is 1.71. The first kappa shape index (κ1) is 10.6. The fraction of sp³-hybridized carbons (Fsp3) is 0.500. The van der Waals surface area contributed by atoms with Crippen LogP contribution in [0.15, 0.2) is 24.3 Å². The Morgan fingerprint density at radius 2 is 1.77 bits per heavy atom. The van der Waals surface area contributed by atoms with E-state index in [1.165, 1.54) is 12.0 Å². The quantitative estimate of drug-likeness (QED) is 0.668. The Morgan fingerprint density at radius 3 is 2.31 bits per heavy atom. The molecule has 0 fully saturated rings. The smallest absolute Gasteiger partial charge is 0.0440 e. The lowest BCUT2D eigenvalue weighted by molar-refractivity contribution is 0.524. The van der Waals surface area contributed by atoms with Crippen LogP contribution in [0.1, 0.15) is 38.7 Å². The molecule has 0 aliphatic carbocycles. The summed E-state index contributed by atoms with van der Waals surface area (Å²) in [4.78, 5) is 0. The van der Waals surface area contributed by atoms with Gasteiger partial charge in [-0.05, 0) is 29.9 Å². The molecule has 0 saturated heterocycles. The zero-order chi connectivity index (χ0) is 9.84. The van der Waals surface area contributed by atoms with Crippen molar-refractivity contribution in [3.63, 3.8) is 0 Å². The van der Waals surface area contributed by atoms with Crippen molar-refractivity contribution in [1.29, 1.82) is 0 Å². The van der Waals surface area contributed by atoms with Crippen molar-refractivity contribution in [1.82, 2.24) is 0 Å². The van der Waals surface area contributed by atoms with Gasteiger partial charge in [-0.1, -0.05) is 50.6 Å². The van der Waals surface area contributed by atoms with Gasteiger partial charge in [0.05, 0.1) is 0 Å². The Hall–Kier alpha value is -0.490. The summed E-state index contributed by atoms with van der Waals surface area (Å²) in [5, 5.41) is 0.899. The maximum absolute atomic E-state index is 6.10. The Bertz CT molecular complexity index is 266. The van der Waals surface area contributed by atoms with Crippen molar-refractivity contribution in [3.8, 4) is 0 Å². The Balaban J connectivity index is 2.76. The minimum atomic E-state index is 0.564. The third kappa shape index (κ3) is 3.04. The summed E-state index contributed by atoms with van der Waals surface area (Å²) in [5.74, 6) is 1.29. The van der Waals surface area contributed by atoms with Crippen LogP contribution in [-0.2, 0) is 0 Å². The van der Waals surface area contributed by atoms with Crippen LogP contribution < -0.4 is 0 Å². The van der Waals surface area contributed by atoms with Crippen LogP contribution in [0, 0.1) is 5.92 Å². The molecule has 0 radical (unpaired) electrons. The first-order valence-corrected chi connectivity index (χ1v) is 5.23. The highest BCUT2D eigenvalue weighted by Gasteiger charge is 2.10. The van der Waals surface area contributed by atoms with Crippen LogP contribution in [0.3, 0.4) is 0 Å². The predicted octanol–water partition coefficient (Wildman–Crippen LogP) is 4.49. The Morgan fingerprint density at radius 1 is 1.15 bits per heavy atom. The molecule has 0 nitrogen and oxygen atoms in total. The monoisotopic (exact) mass is 196 g/mol. The molecule has 0 aromatic heterocycles. The van der Waals surface area contributed by atoms with Gasteiger partial charge in [-0.2, -0.15) is 0 Å². The largest absolute Gasteiger partial charge is 0.0840 e. The molecule has 72 valence electrons. The second kappa shape index (κ2) is 4.66. The van der Waals surface area contributed by atoms with Gasteiger partial charge in [-0.15, -0.1) is 0 Å². The summed E-state index contributed by atoms with van der Waals surface area (Å²) in [6, 6.07) is 8.12. The summed E-state index contributed by atoms with van der Waals surface area (Å²) in [7, 11) is 0. The van der Waals surface area contributed by atoms with Crippen LogP contribution in [-0.4, -0.2) is 0 Å². The van der Waals surface area contributed by atoms with Crippen molar-refractivity contribution in [2.24, 2.45) is 5.92 Å². The van der Waals surface area contributed by atoms with Gasteiger partial charge in [0.2, 0.25) is 0 Å². The van der Waals surface area contributed by atoms with E-state index in [1.807, 2.05) is 12.1 Å². The van der Waals surface area contributed by atoms with Crippen molar-refractivity contribution in [2.75, 3.05) is 0 Å². The molecule has 0 spiro atoms. The molecule has 1 heteroatoms. The van der Waals surface area contributed by atoms with Crippen molar-refractivity contribution >= 4 is 11.6 Å². The lowest BCUT2D eigenvalue weighted by Gasteiger charge is -2.15. The van der Waals surface area contributed by atoms with Crippen molar-refractivity contribution < 1.29 is 0 Å². The number of halogens is 1. The lowest BCUT2D eigenvalue weighted by atomic mass is 9.92. The van der Waals surface area contributed by atoms with Crippen LogP contribution in [0.5, 0.6) is 0 Å². The lowest BCUT2D eigenvalue weighted by Crippen LogP contribution is -1.99. The number of benzene rings is 1. The molecule has 0 N–H and O–H groups in total. The molecule has 0 aliphatic rings. The molecular weight excluding hydrogens is 180 g/mol. The van der Waals surface area contributed by atoms with Crippen molar-refractivity contribution in [3.05, 3.63) is 34.9 Å². The molecular formula is C12H17Cl. The highest BCUT2D eigenvalue weighted by molar-refractivity contribution is 6.31. The molecule has 1 aromatic carbocycles. The average molecular weight is 197 g/mol. The molecule has 1 aromatic rings. The topological polar surface area (TPSA) is 0 Å². The normalized spacial score (nSPS) is 13.3. The maximum Gasteiger partial charge on any atom is 0.0440 e. The van der Waals surface area contributed by atoms with Crippen LogP contribution >= 0.6 is 11.6 Å². The summed E-state index contributed by atoms with van der Waals surface area (Å²) in [6.07, 6.45) is 1.20. The zero-order valence-corrected chi connectivity index (χ0v) is 9.31. The summed E-state index contributed by atoms with van der Waals surface area (Å²) in [6.45, 7) is 6.72. The van der Waals surface area contributed by atoms with Gasteiger partial charge >= 0.3 is 0 Å². The summed E-state index contributed by atoms with van der Waals surface area (Å²) in [5.41, 5.74) is 1.28. The highest BCUT2D eigenvalue weighted by atomic mass is 35.5. The second-order valence-electron chi connectivity index (χ2n) is 4.05. The van der Waals surface area contributed by atoms with E-state index in [4.69, 9.17) is 11.6 Å². The molecule has 13 heavy (non-hydrogen) atoms. The fourth-order valence-corrected chi connectivity index (χ4v) is 2.03. The van der Waals surface area contributed by atoms with E-state index in [-0.39, 0.29) is 0 Å². The van der Waals surface area contributed by atoms with E-state index in [1.54, 1.807) is 0 Å². The standard InChI is InChI=1S/C12H17Cl/c1-9(2)8-10(3)11-6-4-5-7-12(11)13/h4-7,9-10H,8H2,1-3H3/t10-/m1/s1. The number of hydrogen-bond acceptors (Lipinski definition) is 0. The number of hydrogen-bond donors (Lipinski definition) is 0. The molecule has 0 heterocycles. The first-order valence-electron chi connectivity index (χ1n) is 4.85. The molecule has 1 rings (SSSR count). The van der Waals surface area contributed by atoms with Crippen LogP contribution in [0.2, 0.25) is 5.02 Å². The van der Waals surface area contributed by atoms with E-state index < -0.39 is 0 Å². The van der Waals surface area contributed by atoms with Crippen LogP contribution in [0.25, 0.3) is 0 Å². The van der Waals surface area contributed by atoms with E-state index >= 15 is 0 Å². The maximum atomic E-state index is 6.10. The number of rotatable bonds is 3. The first-order chi connectivity index (χ1) is 6.11. The average Bonchev–Trinajstić information content (AvgIpc) is 2.03. The Labute approximate surface area is 85.9 Å². The molecule has 0 amide bonds.